The van der Waals surface area contributed by atoms with Gasteiger partial charge in [-0.15, -0.1) is 0 Å². The number of nitrogens with zero attached hydrogens (tertiary/aromatic N) is 3. The number of rotatable bonds is 2. The fourth-order valence-electron chi connectivity index (χ4n) is 2.69. The van der Waals surface area contributed by atoms with Crippen LogP contribution in [0.5, 0.6) is 0 Å². The van der Waals surface area contributed by atoms with E-state index in [0.29, 0.717) is 12.2 Å². The average Bonchev–Trinajstić information content (AvgIpc) is 2.77. The Morgan fingerprint density at radius 3 is 3.05 bits per heavy atom. The summed E-state index contributed by atoms with van der Waals surface area (Å²) in [7, 11) is 1.90. The smallest absolute Gasteiger partial charge is 0.339 e. The predicted octanol–water partition coefficient (Wildman–Crippen LogP) is 1.34. The summed E-state index contributed by atoms with van der Waals surface area (Å²) in [4.78, 5) is 20.4. The Bertz CT molecular complexity index is 691. The van der Waals surface area contributed by atoms with Gasteiger partial charge in [-0.1, -0.05) is 0 Å². The molecular weight excluding hydrogens is 256 g/mol. The van der Waals surface area contributed by atoms with Gasteiger partial charge in [0.1, 0.15) is 0 Å². The van der Waals surface area contributed by atoms with Gasteiger partial charge < -0.3 is 15.0 Å². The lowest BCUT2D eigenvalue weighted by Gasteiger charge is -2.17. The zero-order valence-electron chi connectivity index (χ0n) is 11.5. The Morgan fingerprint density at radius 2 is 2.30 bits per heavy atom. The third-order valence-electron chi connectivity index (χ3n) is 3.53. The maximum Gasteiger partial charge on any atom is 0.339 e. The summed E-state index contributed by atoms with van der Waals surface area (Å²) in [6, 6.07) is 0. The van der Waals surface area contributed by atoms with E-state index in [2.05, 4.69) is 9.97 Å². The van der Waals surface area contributed by atoms with Gasteiger partial charge in [0.15, 0.2) is 0 Å². The molecule has 0 fully saturated rings. The van der Waals surface area contributed by atoms with Crippen molar-refractivity contribution in [3.8, 4) is 11.4 Å². The molecule has 1 aliphatic carbocycles. The van der Waals surface area contributed by atoms with E-state index in [4.69, 9.17) is 10.5 Å². The molecule has 0 unspecified atom stereocenters. The summed E-state index contributed by atoms with van der Waals surface area (Å²) < 4.78 is 7.02. The normalized spacial score (nSPS) is 12.7. The molecule has 0 amide bonds. The molecule has 0 radical (unpaired) electrons. The number of aromatic nitrogens is 3. The van der Waals surface area contributed by atoms with Crippen LogP contribution in [-0.4, -0.2) is 27.1 Å². The molecule has 0 aromatic carbocycles. The molecule has 6 heteroatoms. The van der Waals surface area contributed by atoms with E-state index in [1.54, 1.807) is 19.3 Å². The number of esters is 1. The lowest BCUT2D eigenvalue weighted by molar-refractivity contribution is 0.0525. The summed E-state index contributed by atoms with van der Waals surface area (Å²) in [5, 5.41) is 0. The van der Waals surface area contributed by atoms with Gasteiger partial charge in [-0.25, -0.2) is 14.8 Å². The van der Waals surface area contributed by atoms with Crippen molar-refractivity contribution in [2.45, 2.75) is 19.8 Å². The van der Waals surface area contributed by atoms with Gasteiger partial charge in [-0.05, 0) is 30.9 Å². The van der Waals surface area contributed by atoms with Crippen molar-refractivity contribution < 1.29 is 9.53 Å². The third kappa shape index (κ3) is 1.84. The molecule has 0 aliphatic heterocycles. The van der Waals surface area contributed by atoms with Gasteiger partial charge in [0, 0.05) is 19.4 Å². The number of hydrogen-bond acceptors (Lipinski definition) is 5. The predicted molar refractivity (Wildman–Crippen MR) is 74.2 cm³/mol. The number of nitrogens with two attached hydrogens (primary N) is 1. The number of carbonyl (C=O) groups excluding carboxylic acids is 1. The zero-order chi connectivity index (χ0) is 14.3. The van der Waals surface area contributed by atoms with Crippen LogP contribution in [0.15, 0.2) is 12.4 Å². The Labute approximate surface area is 116 Å². The first-order chi connectivity index (χ1) is 9.61. The summed E-state index contributed by atoms with van der Waals surface area (Å²) in [6.07, 6.45) is 5.15. The number of anilines is 1. The van der Waals surface area contributed by atoms with Crippen LogP contribution in [0.4, 0.5) is 5.95 Å². The lowest BCUT2D eigenvalue weighted by Crippen LogP contribution is -2.12. The first-order valence-electron chi connectivity index (χ1n) is 6.59. The molecule has 0 atom stereocenters. The molecular formula is C14H16N4O2. The molecule has 2 aromatic rings. The van der Waals surface area contributed by atoms with E-state index < -0.39 is 0 Å². The van der Waals surface area contributed by atoms with E-state index in [1.165, 1.54) is 0 Å². The van der Waals surface area contributed by atoms with Crippen molar-refractivity contribution >= 4 is 11.9 Å². The van der Waals surface area contributed by atoms with Gasteiger partial charge >= 0.3 is 5.97 Å². The van der Waals surface area contributed by atoms with Gasteiger partial charge in [0.25, 0.3) is 0 Å². The van der Waals surface area contributed by atoms with Gasteiger partial charge in [0.2, 0.25) is 5.95 Å². The Morgan fingerprint density at radius 1 is 1.50 bits per heavy atom. The van der Waals surface area contributed by atoms with E-state index >= 15 is 0 Å². The van der Waals surface area contributed by atoms with Crippen molar-refractivity contribution in [2.75, 3.05) is 12.3 Å². The van der Waals surface area contributed by atoms with E-state index in [9.17, 15) is 4.79 Å². The third-order valence-corrected chi connectivity index (χ3v) is 3.53. The van der Waals surface area contributed by atoms with Gasteiger partial charge in [-0.3, -0.25) is 0 Å². The first kappa shape index (κ1) is 12.7. The molecule has 0 saturated carbocycles. The van der Waals surface area contributed by atoms with Crippen molar-refractivity contribution in [1.29, 1.82) is 0 Å². The van der Waals surface area contributed by atoms with Crippen LogP contribution in [0, 0.1) is 0 Å². The minimum Gasteiger partial charge on any atom is -0.462 e. The average molecular weight is 272 g/mol. The second-order valence-electron chi connectivity index (χ2n) is 4.80. The molecule has 0 spiro atoms. The molecule has 2 N–H and O–H groups in total. The number of ether oxygens (including phenoxy) is 1. The summed E-state index contributed by atoms with van der Waals surface area (Å²) >= 11 is 0. The fourth-order valence-corrected chi connectivity index (χ4v) is 2.69. The maximum atomic E-state index is 12.0. The minimum absolute atomic E-state index is 0.246. The van der Waals surface area contributed by atoms with Gasteiger partial charge in [0.05, 0.1) is 23.6 Å². The molecule has 2 aromatic heterocycles. The molecule has 6 nitrogen and oxygen atoms in total. The standard InChI is InChI=1S/C14H16N4O2/c1-3-20-13(19)10-7-18(2)12-9(10)5-4-8-6-16-14(15)17-11(8)12/h6-7H,3-5H2,1-2H3,(H2,15,16,17). The second kappa shape index (κ2) is 4.63. The number of carbonyl (C=O) groups is 1. The number of fused-ring (bicyclic) bond motifs is 3. The number of nitrogen functional groups attached to an aromatic ring is 1. The monoisotopic (exact) mass is 272 g/mol. The second-order valence-corrected chi connectivity index (χ2v) is 4.80. The van der Waals surface area contributed by atoms with Crippen LogP contribution < -0.4 is 5.73 Å². The minimum atomic E-state index is -0.283. The van der Waals surface area contributed by atoms with Gasteiger partial charge in [-0.2, -0.15) is 0 Å². The number of hydrogen-bond donors (Lipinski definition) is 1. The molecule has 104 valence electrons. The highest BCUT2D eigenvalue weighted by Gasteiger charge is 2.27. The topological polar surface area (TPSA) is 83.0 Å². The summed E-state index contributed by atoms with van der Waals surface area (Å²) in [5.74, 6) is -0.0367. The van der Waals surface area contributed by atoms with Crippen molar-refractivity contribution in [1.82, 2.24) is 14.5 Å². The molecule has 20 heavy (non-hydrogen) atoms. The lowest BCUT2D eigenvalue weighted by atomic mass is 9.93. The van der Waals surface area contributed by atoms with Crippen molar-refractivity contribution in [3.63, 3.8) is 0 Å². The van der Waals surface area contributed by atoms with E-state index in [1.807, 2.05) is 11.6 Å². The quantitative estimate of drug-likeness (QED) is 0.834. The molecule has 3 rings (SSSR count). The highest BCUT2D eigenvalue weighted by Crippen LogP contribution is 2.35. The van der Waals surface area contributed by atoms with Crippen LogP contribution in [0.1, 0.15) is 28.4 Å². The molecule has 0 saturated heterocycles. The summed E-state index contributed by atoms with van der Waals surface area (Å²) in [6.45, 7) is 2.17. The van der Waals surface area contributed by atoms with Crippen LogP contribution in [-0.2, 0) is 24.6 Å². The summed E-state index contributed by atoms with van der Waals surface area (Å²) in [5.41, 5.74) is 10.1. The molecule has 1 aliphatic rings. The van der Waals surface area contributed by atoms with Crippen LogP contribution in [0.25, 0.3) is 11.4 Å². The van der Waals surface area contributed by atoms with Crippen LogP contribution in [0.2, 0.25) is 0 Å². The SMILES string of the molecule is CCOC(=O)c1cn(C)c2c1CCc1cnc(N)nc1-2. The molecule has 2 heterocycles. The van der Waals surface area contributed by atoms with Crippen LogP contribution in [0.3, 0.4) is 0 Å². The highest BCUT2D eigenvalue weighted by atomic mass is 16.5. The highest BCUT2D eigenvalue weighted by molar-refractivity contribution is 5.94. The fraction of sp³-hybridized carbons (Fsp3) is 0.357. The Balaban J connectivity index is 2.16. The van der Waals surface area contributed by atoms with Crippen molar-refractivity contribution in [2.24, 2.45) is 7.05 Å². The maximum absolute atomic E-state index is 12.0. The largest absolute Gasteiger partial charge is 0.462 e. The zero-order valence-corrected chi connectivity index (χ0v) is 11.5. The Kier molecular flexibility index (Phi) is 2.93. The van der Waals surface area contributed by atoms with E-state index in [-0.39, 0.29) is 11.9 Å². The molecule has 0 bridgehead atoms. The van der Waals surface area contributed by atoms with E-state index in [0.717, 1.165) is 35.4 Å². The number of aryl methyl sites for hydroxylation is 2. The first-order valence-corrected chi connectivity index (χ1v) is 6.59. The Hall–Kier alpha value is -2.37. The van der Waals surface area contributed by atoms with Crippen molar-refractivity contribution in [3.05, 3.63) is 29.1 Å². The van der Waals surface area contributed by atoms with Crippen LogP contribution >= 0.6 is 0 Å².